The fraction of sp³-hybridized carbons (Fsp3) is 0.500. The molecule has 0 fully saturated rings. The van der Waals surface area contributed by atoms with E-state index in [-0.39, 0.29) is 0 Å². The first kappa shape index (κ1) is 13.0. The van der Waals surface area contributed by atoms with Gasteiger partial charge in [-0.2, -0.15) is 0 Å². The number of nitrogen functional groups attached to an aromatic ring is 1. The van der Waals surface area contributed by atoms with Crippen molar-refractivity contribution in [3.63, 3.8) is 0 Å². The van der Waals surface area contributed by atoms with Crippen molar-refractivity contribution in [1.82, 2.24) is 4.57 Å². The summed E-state index contributed by atoms with van der Waals surface area (Å²) in [5, 5.41) is 1.29. The molecule has 0 radical (unpaired) electrons. The van der Waals surface area contributed by atoms with E-state index in [4.69, 9.17) is 5.73 Å². The summed E-state index contributed by atoms with van der Waals surface area (Å²) in [4.78, 5) is 0. The number of rotatable bonds is 6. The molecule has 0 amide bonds. The first-order valence-corrected chi connectivity index (χ1v) is 7.09. The van der Waals surface area contributed by atoms with Crippen molar-refractivity contribution in [3.8, 4) is 0 Å². The lowest BCUT2D eigenvalue weighted by Crippen LogP contribution is -2.09. The van der Waals surface area contributed by atoms with Crippen LogP contribution in [-0.2, 0) is 6.54 Å². The van der Waals surface area contributed by atoms with Crippen molar-refractivity contribution in [3.05, 3.63) is 30.5 Å². The van der Waals surface area contributed by atoms with Gasteiger partial charge in [0.15, 0.2) is 0 Å². The average molecular weight is 244 g/mol. The highest BCUT2D eigenvalue weighted by atomic mass is 15.0. The van der Waals surface area contributed by atoms with E-state index in [1.807, 2.05) is 6.07 Å². The Balaban J connectivity index is 2.17. The third-order valence-electron chi connectivity index (χ3n) is 3.80. The summed E-state index contributed by atoms with van der Waals surface area (Å²) in [6.45, 7) is 5.67. The monoisotopic (exact) mass is 244 g/mol. The first-order valence-electron chi connectivity index (χ1n) is 7.09. The Kier molecular flexibility index (Phi) is 4.29. The Labute approximate surface area is 110 Å². The molecule has 2 aromatic rings. The number of hydrogen-bond donors (Lipinski definition) is 1. The van der Waals surface area contributed by atoms with E-state index in [0.717, 1.165) is 18.2 Å². The number of fused-ring (bicyclic) bond motifs is 1. The Morgan fingerprint density at radius 2 is 2.06 bits per heavy atom. The van der Waals surface area contributed by atoms with E-state index >= 15 is 0 Å². The highest BCUT2D eigenvalue weighted by molar-refractivity contribution is 5.83. The lowest BCUT2D eigenvalue weighted by Gasteiger charge is -2.16. The van der Waals surface area contributed by atoms with Crippen LogP contribution < -0.4 is 5.73 Å². The molecule has 18 heavy (non-hydrogen) atoms. The highest BCUT2D eigenvalue weighted by Gasteiger charge is 2.09. The zero-order valence-corrected chi connectivity index (χ0v) is 11.5. The SMILES string of the molecule is CCCCC(CC)Cn1ccc2ccc(N)cc21. The Morgan fingerprint density at radius 1 is 1.22 bits per heavy atom. The number of aromatic nitrogens is 1. The van der Waals surface area contributed by atoms with Crippen LogP contribution in [0.4, 0.5) is 5.69 Å². The standard InChI is InChI=1S/C16H24N2/c1-3-5-6-13(4-2)12-18-10-9-14-7-8-15(17)11-16(14)18/h7-11,13H,3-6,12,17H2,1-2H3. The van der Waals surface area contributed by atoms with E-state index in [1.165, 1.54) is 36.6 Å². The molecule has 1 aromatic heterocycles. The van der Waals surface area contributed by atoms with Gasteiger partial charge in [0.1, 0.15) is 0 Å². The van der Waals surface area contributed by atoms with E-state index < -0.39 is 0 Å². The third-order valence-corrected chi connectivity index (χ3v) is 3.80. The Hall–Kier alpha value is -1.44. The van der Waals surface area contributed by atoms with Crippen molar-refractivity contribution in [2.75, 3.05) is 5.73 Å². The smallest absolute Gasteiger partial charge is 0.0500 e. The molecule has 0 aliphatic rings. The van der Waals surface area contributed by atoms with Crippen molar-refractivity contribution in [2.45, 2.75) is 46.1 Å². The fourth-order valence-corrected chi connectivity index (χ4v) is 2.56. The van der Waals surface area contributed by atoms with Gasteiger partial charge in [0.25, 0.3) is 0 Å². The van der Waals surface area contributed by atoms with Crippen molar-refractivity contribution >= 4 is 16.6 Å². The molecule has 1 heterocycles. The summed E-state index contributed by atoms with van der Waals surface area (Å²) in [5.41, 5.74) is 8.00. The number of unbranched alkanes of at least 4 members (excludes halogenated alkanes) is 1. The van der Waals surface area contributed by atoms with Crippen LogP contribution >= 0.6 is 0 Å². The third kappa shape index (κ3) is 2.87. The summed E-state index contributed by atoms with van der Waals surface area (Å²) < 4.78 is 2.36. The molecule has 0 saturated heterocycles. The van der Waals surface area contributed by atoms with Gasteiger partial charge in [0.05, 0.1) is 5.52 Å². The van der Waals surface area contributed by atoms with E-state index in [1.54, 1.807) is 0 Å². The molecule has 98 valence electrons. The zero-order chi connectivity index (χ0) is 13.0. The van der Waals surface area contributed by atoms with Crippen LogP contribution in [0.3, 0.4) is 0 Å². The minimum Gasteiger partial charge on any atom is -0.399 e. The molecule has 0 spiro atoms. The maximum atomic E-state index is 5.88. The summed E-state index contributed by atoms with van der Waals surface area (Å²) in [5.74, 6) is 0.780. The minimum absolute atomic E-state index is 0.780. The molecular weight excluding hydrogens is 220 g/mol. The number of nitrogens with zero attached hydrogens (tertiary/aromatic N) is 1. The van der Waals surface area contributed by atoms with Crippen LogP contribution in [0.15, 0.2) is 30.5 Å². The molecule has 1 atom stereocenters. The van der Waals surface area contributed by atoms with Crippen molar-refractivity contribution in [2.24, 2.45) is 5.92 Å². The van der Waals surface area contributed by atoms with Crippen LogP contribution in [-0.4, -0.2) is 4.57 Å². The predicted octanol–water partition coefficient (Wildman–Crippen LogP) is 4.44. The van der Waals surface area contributed by atoms with Crippen molar-refractivity contribution < 1.29 is 0 Å². The molecule has 2 heteroatoms. The lowest BCUT2D eigenvalue weighted by atomic mass is 9.99. The van der Waals surface area contributed by atoms with Gasteiger partial charge in [-0.15, -0.1) is 0 Å². The molecule has 2 nitrogen and oxygen atoms in total. The quantitative estimate of drug-likeness (QED) is 0.748. The first-order chi connectivity index (χ1) is 8.74. The molecule has 0 aliphatic heterocycles. The Bertz CT molecular complexity index is 499. The van der Waals surface area contributed by atoms with Crippen LogP contribution in [0.2, 0.25) is 0 Å². The van der Waals surface area contributed by atoms with Gasteiger partial charge in [-0.25, -0.2) is 0 Å². The molecule has 2 rings (SSSR count). The van der Waals surface area contributed by atoms with E-state index in [0.29, 0.717) is 0 Å². The molecule has 0 aliphatic carbocycles. The fourth-order valence-electron chi connectivity index (χ4n) is 2.56. The number of anilines is 1. The normalized spacial score (nSPS) is 13.0. The molecular formula is C16H24N2. The Morgan fingerprint density at radius 3 is 2.78 bits per heavy atom. The van der Waals surface area contributed by atoms with Gasteiger partial charge >= 0.3 is 0 Å². The van der Waals surface area contributed by atoms with Gasteiger partial charge in [0, 0.05) is 18.4 Å². The van der Waals surface area contributed by atoms with Crippen molar-refractivity contribution in [1.29, 1.82) is 0 Å². The van der Waals surface area contributed by atoms with Crippen LogP contribution in [0.1, 0.15) is 39.5 Å². The molecule has 1 unspecified atom stereocenters. The maximum Gasteiger partial charge on any atom is 0.0500 e. The van der Waals surface area contributed by atoms with E-state index in [9.17, 15) is 0 Å². The van der Waals surface area contributed by atoms with Crippen LogP contribution in [0.25, 0.3) is 10.9 Å². The van der Waals surface area contributed by atoms with Crippen LogP contribution in [0, 0.1) is 5.92 Å². The molecule has 1 aromatic carbocycles. The second-order valence-electron chi connectivity index (χ2n) is 5.20. The lowest BCUT2D eigenvalue weighted by molar-refractivity contribution is 0.396. The van der Waals surface area contributed by atoms with Gasteiger partial charge in [-0.1, -0.05) is 39.2 Å². The van der Waals surface area contributed by atoms with E-state index in [2.05, 4.69) is 42.8 Å². The largest absolute Gasteiger partial charge is 0.399 e. The second kappa shape index (κ2) is 5.94. The maximum absolute atomic E-state index is 5.88. The molecule has 2 N–H and O–H groups in total. The zero-order valence-electron chi connectivity index (χ0n) is 11.5. The summed E-state index contributed by atoms with van der Waals surface area (Å²) in [7, 11) is 0. The predicted molar refractivity (Wildman–Crippen MR) is 79.7 cm³/mol. The minimum atomic E-state index is 0.780. The van der Waals surface area contributed by atoms with Gasteiger partial charge in [0.2, 0.25) is 0 Å². The highest BCUT2D eigenvalue weighted by Crippen LogP contribution is 2.22. The number of nitrogens with two attached hydrogens (primary N) is 1. The molecule has 0 bridgehead atoms. The van der Waals surface area contributed by atoms with Gasteiger partial charge in [-0.3, -0.25) is 0 Å². The summed E-state index contributed by atoms with van der Waals surface area (Å²) >= 11 is 0. The molecule has 0 saturated carbocycles. The topological polar surface area (TPSA) is 30.9 Å². The van der Waals surface area contributed by atoms with Gasteiger partial charge in [-0.05, 0) is 35.9 Å². The summed E-state index contributed by atoms with van der Waals surface area (Å²) in [6, 6.07) is 8.35. The average Bonchev–Trinajstić information content (AvgIpc) is 2.77. The summed E-state index contributed by atoms with van der Waals surface area (Å²) in [6.07, 6.45) is 7.39. The second-order valence-corrected chi connectivity index (χ2v) is 5.20. The number of benzene rings is 1. The van der Waals surface area contributed by atoms with Crippen LogP contribution in [0.5, 0.6) is 0 Å². The van der Waals surface area contributed by atoms with Gasteiger partial charge < -0.3 is 10.3 Å². The number of hydrogen-bond acceptors (Lipinski definition) is 1.